The van der Waals surface area contributed by atoms with Gasteiger partial charge < -0.3 is 10.1 Å². The van der Waals surface area contributed by atoms with Crippen molar-refractivity contribution in [2.45, 2.75) is 18.3 Å². The summed E-state index contributed by atoms with van der Waals surface area (Å²) < 4.78 is 18.3. The standard InChI is InChI=1S/C12H16Cl2FNO/c1-17-8-9(13)5-6-16-7-10-11(14)3-2-4-12(10)15/h2-4,9,16H,5-8H2,1H3. The van der Waals surface area contributed by atoms with E-state index >= 15 is 0 Å². The summed E-state index contributed by atoms with van der Waals surface area (Å²) in [7, 11) is 1.61. The van der Waals surface area contributed by atoms with Gasteiger partial charge in [0.1, 0.15) is 5.82 Å². The molecule has 1 atom stereocenters. The maximum atomic E-state index is 13.4. The Morgan fingerprint density at radius 3 is 2.88 bits per heavy atom. The van der Waals surface area contributed by atoms with Crippen molar-refractivity contribution in [2.24, 2.45) is 0 Å². The van der Waals surface area contributed by atoms with E-state index < -0.39 is 0 Å². The number of halogens is 3. The molecule has 1 unspecified atom stereocenters. The van der Waals surface area contributed by atoms with Gasteiger partial charge in [-0.25, -0.2) is 4.39 Å². The Balaban J connectivity index is 2.31. The second kappa shape index (κ2) is 7.88. The lowest BCUT2D eigenvalue weighted by Crippen LogP contribution is -2.20. The van der Waals surface area contributed by atoms with Crippen LogP contribution in [0.3, 0.4) is 0 Å². The third kappa shape index (κ3) is 5.21. The molecule has 0 fully saturated rings. The first-order valence-electron chi connectivity index (χ1n) is 5.41. The number of alkyl halides is 1. The van der Waals surface area contributed by atoms with Crippen molar-refractivity contribution >= 4 is 23.2 Å². The van der Waals surface area contributed by atoms with E-state index in [1.807, 2.05) is 0 Å². The molecule has 17 heavy (non-hydrogen) atoms. The zero-order chi connectivity index (χ0) is 12.7. The fraction of sp³-hybridized carbons (Fsp3) is 0.500. The van der Waals surface area contributed by atoms with Crippen LogP contribution in [0.4, 0.5) is 4.39 Å². The molecular weight excluding hydrogens is 264 g/mol. The minimum Gasteiger partial charge on any atom is -0.383 e. The van der Waals surface area contributed by atoms with Crippen molar-refractivity contribution in [1.82, 2.24) is 5.32 Å². The summed E-state index contributed by atoms with van der Waals surface area (Å²) in [5.41, 5.74) is 0.493. The molecule has 96 valence electrons. The van der Waals surface area contributed by atoms with Crippen molar-refractivity contribution in [3.63, 3.8) is 0 Å². The van der Waals surface area contributed by atoms with Crippen LogP contribution in [0.1, 0.15) is 12.0 Å². The number of nitrogens with one attached hydrogen (secondary N) is 1. The lowest BCUT2D eigenvalue weighted by Gasteiger charge is -2.10. The van der Waals surface area contributed by atoms with Gasteiger partial charge in [-0.1, -0.05) is 17.7 Å². The average molecular weight is 280 g/mol. The predicted molar refractivity (Wildman–Crippen MR) is 69.3 cm³/mol. The number of hydrogen-bond acceptors (Lipinski definition) is 2. The molecule has 1 aromatic rings. The van der Waals surface area contributed by atoms with E-state index in [-0.39, 0.29) is 11.2 Å². The topological polar surface area (TPSA) is 21.3 Å². The SMILES string of the molecule is COCC(Cl)CCNCc1c(F)cccc1Cl. The Bertz CT molecular complexity index is 329. The maximum absolute atomic E-state index is 13.4. The van der Waals surface area contributed by atoms with E-state index in [9.17, 15) is 4.39 Å². The number of hydrogen-bond donors (Lipinski definition) is 1. The van der Waals surface area contributed by atoms with Crippen LogP contribution in [0.2, 0.25) is 5.02 Å². The molecule has 0 aliphatic carbocycles. The fourth-order valence-electron chi connectivity index (χ4n) is 1.44. The Kier molecular flexibility index (Phi) is 6.82. The Hall–Kier alpha value is -0.350. The zero-order valence-electron chi connectivity index (χ0n) is 9.68. The Labute approximate surface area is 111 Å². The first-order chi connectivity index (χ1) is 8.15. The molecule has 1 N–H and O–H groups in total. The summed E-state index contributed by atoms with van der Waals surface area (Å²) in [4.78, 5) is 0. The average Bonchev–Trinajstić information content (AvgIpc) is 2.28. The highest BCUT2D eigenvalue weighted by Gasteiger charge is 2.07. The van der Waals surface area contributed by atoms with Gasteiger partial charge in [0, 0.05) is 24.2 Å². The van der Waals surface area contributed by atoms with E-state index in [1.165, 1.54) is 6.07 Å². The minimum atomic E-state index is -0.288. The van der Waals surface area contributed by atoms with Crippen molar-refractivity contribution in [3.05, 3.63) is 34.6 Å². The van der Waals surface area contributed by atoms with Crippen LogP contribution in [0, 0.1) is 5.82 Å². The van der Waals surface area contributed by atoms with E-state index in [2.05, 4.69) is 5.32 Å². The van der Waals surface area contributed by atoms with Crippen LogP contribution >= 0.6 is 23.2 Å². The van der Waals surface area contributed by atoms with Crippen LogP contribution in [0.15, 0.2) is 18.2 Å². The summed E-state index contributed by atoms with van der Waals surface area (Å²) in [6.07, 6.45) is 0.765. The van der Waals surface area contributed by atoms with E-state index in [0.717, 1.165) is 6.42 Å². The highest BCUT2D eigenvalue weighted by atomic mass is 35.5. The van der Waals surface area contributed by atoms with Crippen LogP contribution in [-0.2, 0) is 11.3 Å². The van der Waals surface area contributed by atoms with Gasteiger partial charge in [-0.05, 0) is 25.1 Å². The summed E-state index contributed by atoms with van der Waals surface area (Å²) in [6, 6.07) is 4.67. The summed E-state index contributed by atoms with van der Waals surface area (Å²) in [6.45, 7) is 1.62. The fourth-order valence-corrected chi connectivity index (χ4v) is 1.90. The van der Waals surface area contributed by atoms with Gasteiger partial charge in [0.05, 0.1) is 12.0 Å². The van der Waals surface area contributed by atoms with Gasteiger partial charge in [-0.15, -0.1) is 11.6 Å². The maximum Gasteiger partial charge on any atom is 0.129 e. The third-order valence-electron chi connectivity index (χ3n) is 2.35. The minimum absolute atomic E-state index is 0.0245. The smallest absolute Gasteiger partial charge is 0.129 e. The number of benzene rings is 1. The van der Waals surface area contributed by atoms with Gasteiger partial charge in [0.2, 0.25) is 0 Å². The molecule has 0 spiro atoms. The second-order valence-electron chi connectivity index (χ2n) is 3.72. The molecule has 2 nitrogen and oxygen atoms in total. The van der Waals surface area contributed by atoms with Crippen LogP contribution < -0.4 is 5.32 Å². The summed E-state index contributed by atoms with van der Waals surface area (Å²) in [5.74, 6) is -0.288. The quantitative estimate of drug-likeness (QED) is 0.611. The van der Waals surface area contributed by atoms with E-state index in [4.69, 9.17) is 27.9 Å². The van der Waals surface area contributed by atoms with Gasteiger partial charge in [0.25, 0.3) is 0 Å². The highest BCUT2D eigenvalue weighted by molar-refractivity contribution is 6.31. The predicted octanol–water partition coefficient (Wildman–Crippen LogP) is 3.21. The van der Waals surface area contributed by atoms with Gasteiger partial charge in [0.15, 0.2) is 0 Å². The second-order valence-corrected chi connectivity index (χ2v) is 4.74. The van der Waals surface area contributed by atoms with Crippen molar-refractivity contribution in [1.29, 1.82) is 0 Å². The van der Waals surface area contributed by atoms with Gasteiger partial charge in [-0.3, -0.25) is 0 Å². The largest absolute Gasteiger partial charge is 0.383 e. The van der Waals surface area contributed by atoms with E-state index in [0.29, 0.717) is 30.3 Å². The Morgan fingerprint density at radius 1 is 1.47 bits per heavy atom. The molecule has 5 heteroatoms. The molecule has 0 saturated heterocycles. The molecular formula is C12H16Cl2FNO. The first kappa shape index (κ1) is 14.7. The number of methoxy groups -OCH3 is 1. The summed E-state index contributed by atoms with van der Waals surface area (Å²) in [5, 5.41) is 3.53. The monoisotopic (exact) mass is 279 g/mol. The van der Waals surface area contributed by atoms with Crippen LogP contribution in [-0.4, -0.2) is 25.6 Å². The van der Waals surface area contributed by atoms with Crippen LogP contribution in [0.5, 0.6) is 0 Å². The van der Waals surface area contributed by atoms with Gasteiger partial charge >= 0.3 is 0 Å². The molecule has 0 aliphatic rings. The van der Waals surface area contributed by atoms with Crippen molar-refractivity contribution in [3.8, 4) is 0 Å². The van der Waals surface area contributed by atoms with Crippen LogP contribution in [0.25, 0.3) is 0 Å². The van der Waals surface area contributed by atoms with Crippen molar-refractivity contribution in [2.75, 3.05) is 20.3 Å². The Morgan fingerprint density at radius 2 is 2.24 bits per heavy atom. The molecule has 0 aliphatic heterocycles. The third-order valence-corrected chi connectivity index (χ3v) is 3.04. The first-order valence-corrected chi connectivity index (χ1v) is 6.23. The molecule has 0 saturated carbocycles. The molecule has 0 radical (unpaired) electrons. The van der Waals surface area contributed by atoms with Gasteiger partial charge in [-0.2, -0.15) is 0 Å². The molecule has 0 aromatic heterocycles. The van der Waals surface area contributed by atoms with E-state index in [1.54, 1.807) is 19.2 Å². The number of ether oxygens (including phenoxy) is 1. The molecule has 0 bridgehead atoms. The lowest BCUT2D eigenvalue weighted by atomic mass is 10.2. The highest BCUT2D eigenvalue weighted by Crippen LogP contribution is 2.18. The molecule has 0 amide bonds. The number of rotatable bonds is 7. The molecule has 1 rings (SSSR count). The molecule has 0 heterocycles. The van der Waals surface area contributed by atoms with Crippen molar-refractivity contribution < 1.29 is 9.13 Å². The zero-order valence-corrected chi connectivity index (χ0v) is 11.2. The normalized spacial score (nSPS) is 12.7. The molecule has 1 aromatic carbocycles. The summed E-state index contributed by atoms with van der Waals surface area (Å²) >= 11 is 11.9. The lowest BCUT2D eigenvalue weighted by molar-refractivity contribution is 0.195.